The van der Waals surface area contributed by atoms with Gasteiger partial charge in [-0.1, -0.05) is 54.1 Å². The zero-order chi connectivity index (χ0) is 28.0. The van der Waals surface area contributed by atoms with Crippen molar-refractivity contribution in [2.24, 2.45) is 5.92 Å². The van der Waals surface area contributed by atoms with Crippen molar-refractivity contribution in [3.8, 4) is 11.1 Å². The van der Waals surface area contributed by atoms with Crippen molar-refractivity contribution in [2.75, 3.05) is 21.3 Å². The molecule has 0 radical (unpaired) electrons. The van der Waals surface area contributed by atoms with Crippen LogP contribution in [0.1, 0.15) is 44.2 Å². The zero-order valence-corrected chi connectivity index (χ0v) is 22.5. The molecule has 0 aromatic heterocycles. The van der Waals surface area contributed by atoms with Gasteiger partial charge in [-0.05, 0) is 81.4 Å². The molecular weight excluding hydrogens is 504 g/mol. The smallest absolute Gasteiger partial charge is 0.337 e. The maximum Gasteiger partial charge on any atom is 0.337 e. The quantitative estimate of drug-likeness (QED) is 0.369. The number of methoxy groups -OCH3 is 3. The number of ether oxygens (including phenoxy) is 3. The third kappa shape index (κ3) is 4.08. The first-order valence-corrected chi connectivity index (χ1v) is 13.2. The monoisotopic (exact) mass is 532 g/mol. The molecule has 0 aliphatic heterocycles. The summed E-state index contributed by atoms with van der Waals surface area (Å²) in [5, 5.41) is 2.03. The molecule has 0 amide bonds. The van der Waals surface area contributed by atoms with Crippen LogP contribution in [0.2, 0.25) is 0 Å². The average Bonchev–Trinajstić information content (AvgIpc) is 3.02. The number of carbonyl (C=O) groups excluding carboxylic acids is 3. The van der Waals surface area contributed by atoms with E-state index in [4.69, 9.17) is 14.2 Å². The van der Waals surface area contributed by atoms with Crippen LogP contribution in [-0.4, -0.2) is 39.2 Å². The molecule has 0 N–H and O–H groups in total. The highest BCUT2D eigenvalue weighted by atomic mass is 16.5. The van der Waals surface area contributed by atoms with Crippen LogP contribution in [0.3, 0.4) is 0 Å². The minimum Gasteiger partial charge on any atom is -0.465 e. The molecule has 0 bridgehead atoms. The fourth-order valence-corrected chi connectivity index (χ4v) is 6.38. The van der Waals surface area contributed by atoms with Crippen LogP contribution in [-0.2, 0) is 25.4 Å². The third-order valence-electron chi connectivity index (χ3n) is 8.18. The Morgan fingerprint density at radius 1 is 0.750 bits per heavy atom. The largest absolute Gasteiger partial charge is 0.465 e. The lowest BCUT2D eigenvalue weighted by Crippen LogP contribution is -2.42. The molecule has 2 atom stereocenters. The summed E-state index contributed by atoms with van der Waals surface area (Å²) in [4.78, 5) is 37.5. The van der Waals surface area contributed by atoms with Crippen LogP contribution in [0.5, 0.6) is 0 Å². The highest BCUT2D eigenvalue weighted by molar-refractivity contribution is 5.96. The van der Waals surface area contributed by atoms with E-state index in [9.17, 15) is 14.4 Å². The van der Waals surface area contributed by atoms with Gasteiger partial charge in [-0.3, -0.25) is 0 Å². The van der Waals surface area contributed by atoms with Crippen LogP contribution in [0, 0.1) is 5.92 Å². The molecule has 3 aromatic carbocycles. The predicted molar refractivity (Wildman–Crippen MR) is 151 cm³/mol. The molecule has 0 spiro atoms. The molecule has 0 unspecified atom stereocenters. The van der Waals surface area contributed by atoms with Crippen molar-refractivity contribution < 1.29 is 28.6 Å². The maximum absolute atomic E-state index is 12.9. The second kappa shape index (κ2) is 10.1. The second-order valence-corrected chi connectivity index (χ2v) is 10.1. The van der Waals surface area contributed by atoms with Gasteiger partial charge in [0.05, 0.1) is 38.0 Å². The van der Waals surface area contributed by atoms with Crippen LogP contribution < -0.4 is 10.4 Å². The van der Waals surface area contributed by atoms with Gasteiger partial charge in [-0.15, -0.1) is 0 Å². The maximum atomic E-state index is 12.9. The first-order valence-electron chi connectivity index (χ1n) is 13.2. The number of benzene rings is 3. The molecule has 40 heavy (non-hydrogen) atoms. The Morgan fingerprint density at radius 3 is 2.17 bits per heavy atom. The Morgan fingerprint density at radius 2 is 1.45 bits per heavy atom. The Balaban J connectivity index is 1.70. The number of hydrogen-bond donors (Lipinski definition) is 0. The van der Waals surface area contributed by atoms with Crippen molar-refractivity contribution >= 4 is 29.1 Å². The number of esters is 3. The highest BCUT2D eigenvalue weighted by Crippen LogP contribution is 2.47. The summed E-state index contributed by atoms with van der Waals surface area (Å²) in [7, 11) is 4.12. The predicted octanol–water partition coefficient (Wildman–Crippen LogP) is 4.26. The molecule has 6 heteroatoms. The van der Waals surface area contributed by atoms with E-state index in [0.29, 0.717) is 16.7 Å². The van der Waals surface area contributed by atoms with Gasteiger partial charge < -0.3 is 14.2 Å². The van der Waals surface area contributed by atoms with E-state index in [0.717, 1.165) is 40.0 Å². The second-order valence-electron chi connectivity index (χ2n) is 10.1. The molecule has 6 rings (SSSR count). The van der Waals surface area contributed by atoms with Crippen LogP contribution in [0.25, 0.3) is 22.3 Å². The summed E-state index contributed by atoms with van der Waals surface area (Å²) >= 11 is 0. The SMILES string of the molecule is COC(=O)C1=C[C@@H]2C(=c3cc(C(=O)OC)cc(-c4ccc(C(=O)OC)cc4)c3=C3CCc4ccccc4[C@@H]32)C=C1. The lowest BCUT2D eigenvalue weighted by Gasteiger charge is -2.38. The topological polar surface area (TPSA) is 78.9 Å². The van der Waals surface area contributed by atoms with E-state index in [1.807, 2.05) is 36.4 Å². The number of allylic oxidation sites excluding steroid dienone is 2. The molecule has 3 aromatic rings. The Kier molecular flexibility index (Phi) is 6.46. The van der Waals surface area contributed by atoms with Gasteiger partial charge in [0.1, 0.15) is 0 Å². The lowest BCUT2D eigenvalue weighted by atomic mass is 9.65. The first kappa shape index (κ1) is 25.6. The summed E-state index contributed by atoms with van der Waals surface area (Å²) in [5.41, 5.74) is 8.03. The van der Waals surface area contributed by atoms with Crippen molar-refractivity contribution in [1.82, 2.24) is 0 Å². The summed E-state index contributed by atoms with van der Waals surface area (Å²) in [6.45, 7) is 0. The van der Waals surface area contributed by atoms with Gasteiger partial charge in [0, 0.05) is 11.8 Å². The fourth-order valence-electron chi connectivity index (χ4n) is 6.38. The molecule has 0 saturated carbocycles. The molecule has 3 aliphatic carbocycles. The number of hydrogen-bond acceptors (Lipinski definition) is 6. The van der Waals surface area contributed by atoms with Gasteiger partial charge in [0.2, 0.25) is 0 Å². The number of carbonyl (C=O) groups is 3. The van der Waals surface area contributed by atoms with E-state index in [-0.39, 0.29) is 17.8 Å². The third-order valence-corrected chi connectivity index (χ3v) is 8.18. The standard InChI is InChI=1S/C34H28O6/c1-38-32(35)21-10-8-20(9-11-21)27-17-23(34(37)40-3)18-29-25-14-13-22(33(36)39-2)16-28(25)30-24-7-5-4-6-19(24)12-15-26(30)31(27)29/h4-11,13-14,16-18,28,30H,12,15H2,1-3H3/t28-,30+/m1/s1. The minimum absolute atomic E-state index is 0.0223. The first-order chi connectivity index (χ1) is 19.4. The van der Waals surface area contributed by atoms with Gasteiger partial charge >= 0.3 is 17.9 Å². The highest BCUT2D eigenvalue weighted by Gasteiger charge is 2.37. The van der Waals surface area contributed by atoms with Crippen LogP contribution >= 0.6 is 0 Å². The Labute approximate surface area is 231 Å². The van der Waals surface area contributed by atoms with Gasteiger partial charge in [-0.25, -0.2) is 14.4 Å². The van der Waals surface area contributed by atoms with Gasteiger partial charge in [0.15, 0.2) is 0 Å². The summed E-state index contributed by atoms with van der Waals surface area (Å²) < 4.78 is 15.1. The number of fused-ring (bicyclic) bond motifs is 6. The van der Waals surface area contributed by atoms with Crippen molar-refractivity contribution in [1.29, 1.82) is 0 Å². The average molecular weight is 533 g/mol. The van der Waals surface area contributed by atoms with Crippen molar-refractivity contribution in [3.63, 3.8) is 0 Å². The Hall–Kier alpha value is -4.71. The molecule has 0 heterocycles. The van der Waals surface area contributed by atoms with E-state index < -0.39 is 11.9 Å². The van der Waals surface area contributed by atoms with Crippen molar-refractivity contribution in [2.45, 2.75) is 18.8 Å². The van der Waals surface area contributed by atoms with Crippen molar-refractivity contribution in [3.05, 3.63) is 117 Å². The number of aryl methyl sites for hydroxylation is 1. The van der Waals surface area contributed by atoms with E-state index in [1.54, 1.807) is 18.2 Å². The zero-order valence-electron chi connectivity index (χ0n) is 22.5. The normalized spacial score (nSPS) is 18.4. The van der Waals surface area contributed by atoms with Gasteiger partial charge in [-0.2, -0.15) is 0 Å². The van der Waals surface area contributed by atoms with E-state index >= 15 is 0 Å². The molecule has 0 saturated heterocycles. The molecule has 200 valence electrons. The van der Waals surface area contributed by atoms with Gasteiger partial charge in [0.25, 0.3) is 0 Å². The lowest BCUT2D eigenvalue weighted by molar-refractivity contribution is -0.135. The number of rotatable bonds is 4. The molecule has 6 nitrogen and oxygen atoms in total. The molecule has 3 aliphatic rings. The van der Waals surface area contributed by atoms with Crippen LogP contribution in [0.4, 0.5) is 0 Å². The summed E-state index contributed by atoms with van der Waals surface area (Å²) in [5.74, 6) is -1.30. The fraction of sp³-hybridized carbons (Fsp3) is 0.206. The minimum atomic E-state index is -0.431. The molecule has 0 fully saturated rings. The Bertz CT molecular complexity index is 1760. The van der Waals surface area contributed by atoms with E-state index in [2.05, 4.69) is 24.3 Å². The van der Waals surface area contributed by atoms with E-state index in [1.165, 1.54) is 38.0 Å². The molecular formula is C34H28O6. The summed E-state index contributed by atoms with van der Waals surface area (Å²) in [6.07, 6.45) is 7.51. The summed E-state index contributed by atoms with van der Waals surface area (Å²) in [6, 6.07) is 19.5. The van der Waals surface area contributed by atoms with Crippen LogP contribution in [0.15, 0.2) is 84.5 Å².